The molecule has 0 amide bonds. The van der Waals surface area contributed by atoms with Crippen LogP contribution in [0, 0.1) is 27.7 Å². The predicted molar refractivity (Wildman–Crippen MR) is 119 cm³/mol. The average molecular weight is 405 g/mol. The molecule has 2 aromatic carbocycles. The van der Waals surface area contributed by atoms with Gasteiger partial charge in [-0.15, -0.1) is 0 Å². The minimum Gasteiger partial charge on any atom is -0.496 e. The number of hydrogen-bond acceptors (Lipinski definition) is 4. The first-order chi connectivity index (χ1) is 14.3. The molecule has 0 saturated carbocycles. The van der Waals surface area contributed by atoms with Crippen molar-refractivity contribution in [3.8, 4) is 11.5 Å². The Balaban J connectivity index is 1.82. The molecule has 0 atom stereocenters. The van der Waals surface area contributed by atoms with E-state index in [1.165, 1.54) is 0 Å². The molecule has 3 rings (SSSR count). The second kappa shape index (κ2) is 8.99. The van der Waals surface area contributed by atoms with Crippen molar-refractivity contribution in [2.24, 2.45) is 7.05 Å². The first-order valence-corrected chi connectivity index (χ1v) is 9.90. The SMILES string of the molecule is COc1ccc(/C=C/C(=O)c2c(C)nn(C)c2C)cc1COc1c(C)cccc1C. The van der Waals surface area contributed by atoms with Crippen LogP contribution in [-0.2, 0) is 13.7 Å². The second-order valence-corrected chi connectivity index (χ2v) is 7.45. The van der Waals surface area contributed by atoms with E-state index >= 15 is 0 Å². The molecule has 156 valence electrons. The molecule has 0 spiro atoms. The smallest absolute Gasteiger partial charge is 0.189 e. The first kappa shape index (κ1) is 21.4. The van der Waals surface area contributed by atoms with Gasteiger partial charge >= 0.3 is 0 Å². The molecular formula is C25H28N2O3. The minimum absolute atomic E-state index is 0.0535. The molecule has 1 heterocycles. The van der Waals surface area contributed by atoms with Crippen molar-refractivity contribution in [2.45, 2.75) is 34.3 Å². The van der Waals surface area contributed by atoms with Crippen LogP contribution in [0.4, 0.5) is 0 Å². The molecule has 0 N–H and O–H groups in total. The fraction of sp³-hybridized carbons (Fsp3) is 0.280. The van der Waals surface area contributed by atoms with Crippen LogP contribution in [0.5, 0.6) is 11.5 Å². The zero-order valence-electron chi connectivity index (χ0n) is 18.4. The van der Waals surface area contributed by atoms with Crippen LogP contribution in [-0.4, -0.2) is 22.7 Å². The van der Waals surface area contributed by atoms with E-state index in [2.05, 4.69) is 5.10 Å². The van der Waals surface area contributed by atoms with Gasteiger partial charge in [0.2, 0.25) is 0 Å². The predicted octanol–water partition coefficient (Wildman–Crippen LogP) is 5.14. The lowest BCUT2D eigenvalue weighted by Gasteiger charge is -2.14. The summed E-state index contributed by atoms with van der Waals surface area (Å²) < 4.78 is 13.3. The Hall–Kier alpha value is -3.34. The fourth-order valence-corrected chi connectivity index (χ4v) is 3.58. The largest absolute Gasteiger partial charge is 0.496 e. The molecule has 0 radical (unpaired) electrons. The first-order valence-electron chi connectivity index (χ1n) is 9.90. The van der Waals surface area contributed by atoms with Gasteiger partial charge in [0.25, 0.3) is 0 Å². The summed E-state index contributed by atoms with van der Waals surface area (Å²) in [6.45, 7) is 8.20. The molecule has 5 nitrogen and oxygen atoms in total. The van der Waals surface area contributed by atoms with Gasteiger partial charge in [-0.2, -0.15) is 5.10 Å². The summed E-state index contributed by atoms with van der Waals surface area (Å²) >= 11 is 0. The number of aromatic nitrogens is 2. The molecule has 3 aromatic rings. The molecular weight excluding hydrogens is 376 g/mol. The van der Waals surface area contributed by atoms with E-state index < -0.39 is 0 Å². The second-order valence-electron chi connectivity index (χ2n) is 7.45. The van der Waals surface area contributed by atoms with Gasteiger partial charge in [-0.3, -0.25) is 9.48 Å². The van der Waals surface area contributed by atoms with E-state index in [1.54, 1.807) is 17.9 Å². The third kappa shape index (κ3) is 4.46. The van der Waals surface area contributed by atoms with Crippen LogP contribution in [0.2, 0.25) is 0 Å². The van der Waals surface area contributed by atoms with Gasteiger partial charge in [-0.1, -0.05) is 30.3 Å². The number of ether oxygens (including phenoxy) is 2. The van der Waals surface area contributed by atoms with Crippen molar-refractivity contribution in [3.05, 3.63) is 81.7 Å². The van der Waals surface area contributed by atoms with Crippen molar-refractivity contribution in [3.63, 3.8) is 0 Å². The Kier molecular flexibility index (Phi) is 6.40. The normalized spacial score (nSPS) is 11.1. The summed E-state index contributed by atoms with van der Waals surface area (Å²) in [7, 11) is 3.49. The zero-order valence-corrected chi connectivity index (χ0v) is 18.4. The summed E-state index contributed by atoms with van der Waals surface area (Å²) in [4.78, 5) is 12.7. The topological polar surface area (TPSA) is 53.3 Å². The molecule has 0 aliphatic heterocycles. The van der Waals surface area contributed by atoms with E-state index in [0.717, 1.165) is 45.1 Å². The third-order valence-corrected chi connectivity index (χ3v) is 5.27. The number of benzene rings is 2. The molecule has 5 heteroatoms. The Morgan fingerprint density at radius 1 is 1.10 bits per heavy atom. The van der Waals surface area contributed by atoms with Crippen LogP contribution in [0.3, 0.4) is 0 Å². The van der Waals surface area contributed by atoms with E-state index in [1.807, 2.05) is 77.2 Å². The van der Waals surface area contributed by atoms with Crippen molar-refractivity contribution in [1.29, 1.82) is 0 Å². The lowest BCUT2D eigenvalue weighted by molar-refractivity contribution is 0.104. The maximum absolute atomic E-state index is 12.7. The summed E-state index contributed by atoms with van der Waals surface area (Å²) in [5.74, 6) is 1.59. The highest BCUT2D eigenvalue weighted by molar-refractivity contribution is 6.08. The highest BCUT2D eigenvalue weighted by Gasteiger charge is 2.15. The average Bonchev–Trinajstić information content (AvgIpc) is 2.97. The zero-order chi connectivity index (χ0) is 21.8. The number of carbonyl (C=O) groups excluding carboxylic acids is 1. The Bertz CT molecular complexity index is 1090. The van der Waals surface area contributed by atoms with Crippen molar-refractivity contribution < 1.29 is 14.3 Å². The monoisotopic (exact) mass is 404 g/mol. The molecule has 0 bridgehead atoms. The Morgan fingerprint density at radius 2 is 1.80 bits per heavy atom. The molecule has 0 aliphatic carbocycles. The molecule has 0 unspecified atom stereocenters. The van der Waals surface area contributed by atoms with Gasteiger partial charge in [0.05, 0.1) is 18.4 Å². The lowest BCUT2D eigenvalue weighted by atomic mass is 10.1. The summed E-state index contributed by atoms with van der Waals surface area (Å²) in [6.07, 6.45) is 3.41. The summed E-state index contributed by atoms with van der Waals surface area (Å²) in [5, 5.41) is 4.32. The van der Waals surface area contributed by atoms with Crippen molar-refractivity contribution in [2.75, 3.05) is 7.11 Å². The number of carbonyl (C=O) groups is 1. The third-order valence-electron chi connectivity index (χ3n) is 5.27. The lowest BCUT2D eigenvalue weighted by Crippen LogP contribution is -2.02. The molecule has 0 saturated heterocycles. The van der Waals surface area contributed by atoms with Crippen LogP contribution < -0.4 is 9.47 Å². The maximum atomic E-state index is 12.7. The number of rotatable bonds is 7. The number of nitrogens with zero attached hydrogens (tertiary/aromatic N) is 2. The maximum Gasteiger partial charge on any atom is 0.189 e. The van der Waals surface area contributed by atoms with E-state index in [4.69, 9.17) is 9.47 Å². The summed E-state index contributed by atoms with van der Waals surface area (Å²) in [6, 6.07) is 11.9. The van der Waals surface area contributed by atoms with E-state index in [-0.39, 0.29) is 5.78 Å². The number of aryl methyl sites for hydroxylation is 4. The molecule has 0 aliphatic rings. The number of ketones is 1. The van der Waals surface area contributed by atoms with Gasteiger partial charge in [-0.05, 0) is 62.6 Å². The van der Waals surface area contributed by atoms with Crippen LogP contribution in [0.1, 0.15) is 44.0 Å². The van der Waals surface area contributed by atoms with Crippen LogP contribution in [0.15, 0.2) is 42.5 Å². The number of allylic oxidation sites excluding steroid dienone is 1. The van der Waals surface area contributed by atoms with Gasteiger partial charge in [0.15, 0.2) is 5.78 Å². The number of methoxy groups -OCH3 is 1. The van der Waals surface area contributed by atoms with Crippen LogP contribution in [0.25, 0.3) is 6.08 Å². The number of hydrogen-bond donors (Lipinski definition) is 0. The fourth-order valence-electron chi connectivity index (χ4n) is 3.58. The molecule has 0 fully saturated rings. The van der Waals surface area contributed by atoms with E-state index in [9.17, 15) is 4.79 Å². The van der Waals surface area contributed by atoms with Gasteiger partial charge in [-0.25, -0.2) is 0 Å². The highest BCUT2D eigenvalue weighted by atomic mass is 16.5. The Morgan fingerprint density at radius 3 is 2.40 bits per heavy atom. The van der Waals surface area contributed by atoms with Gasteiger partial charge < -0.3 is 9.47 Å². The highest BCUT2D eigenvalue weighted by Crippen LogP contribution is 2.27. The van der Waals surface area contributed by atoms with Crippen molar-refractivity contribution in [1.82, 2.24) is 9.78 Å². The molecule has 1 aromatic heterocycles. The standard InChI is InChI=1S/C25H28N2O3/c1-16-8-7-9-17(2)25(16)30-15-21-14-20(11-13-23(21)29-6)10-12-22(28)24-18(3)26-27(5)19(24)4/h7-14H,15H2,1-6H3/b12-10+. The van der Waals surface area contributed by atoms with E-state index in [0.29, 0.717) is 12.2 Å². The molecule has 30 heavy (non-hydrogen) atoms. The summed E-state index contributed by atoms with van der Waals surface area (Å²) in [5.41, 5.74) is 6.27. The minimum atomic E-state index is -0.0535. The quantitative estimate of drug-likeness (QED) is 0.404. The van der Waals surface area contributed by atoms with Gasteiger partial charge in [0, 0.05) is 18.3 Å². The van der Waals surface area contributed by atoms with Gasteiger partial charge in [0.1, 0.15) is 18.1 Å². The number of para-hydroxylation sites is 1. The van der Waals surface area contributed by atoms with Crippen LogP contribution >= 0.6 is 0 Å². The Labute approximate surface area is 178 Å². The van der Waals surface area contributed by atoms with Crippen molar-refractivity contribution >= 4 is 11.9 Å².